The normalized spacial score (nSPS) is 16.9. The molecule has 0 bridgehead atoms. The summed E-state index contributed by atoms with van der Waals surface area (Å²) < 4.78 is 23.9. The summed E-state index contributed by atoms with van der Waals surface area (Å²) in [6.07, 6.45) is 1.73. The molecule has 0 radical (unpaired) electrons. The summed E-state index contributed by atoms with van der Waals surface area (Å²) in [6, 6.07) is 5.20. The van der Waals surface area contributed by atoms with E-state index >= 15 is 0 Å². The minimum atomic E-state index is -3.12. The fraction of sp³-hybridized carbons (Fsp3) is 0.611. The van der Waals surface area contributed by atoms with Gasteiger partial charge in [0.2, 0.25) is 5.91 Å². The van der Waals surface area contributed by atoms with Gasteiger partial charge in [-0.2, -0.15) is 0 Å². The lowest BCUT2D eigenvalue weighted by atomic mass is 9.98. The van der Waals surface area contributed by atoms with Gasteiger partial charge in [-0.05, 0) is 57.2 Å². The Labute approximate surface area is 160 Å². The first-order valence-corrected chi connectivity index (χ1v) is 10.8. The monoisotopic (exact) mass is 405 g/mol. The second-order valence-electron chi connectivity index (χ2n) is 7.64. The van der Waals surface area contributed by atoms with Crippen LogP contribution in [-0.4, -0.2) is 42.8 Å². The Balaban J connectivity index is 1.89. The molecule has 1 amide bonds. The van der Waals surface area contributed by atoms with Crippen molar-refractivity contribution in [2.75, 3.05) is 18.8 Å². The number of nitrogens with zero attached hydrogens (tertiary/aromatic N) is 1. The van der Waals surface area contributed by atoms with Crippen molar-refractivity contribution >= 4 is 38.9 Å². The second kappa shape index (κ2) is 7.85. The third-order valence-electron chi connectivity index (χ3n) is 4.69. The van der Waals surface area contributed by atoms with Crippen molar-refractivity contribution in [1.82, 2.24) is 4.90 Å². The number of carbonyl (C=O) groups excluding carboxylic acids is 1. The fourth-order valence-electron chi connectivity index (χ4n) is 2.85. The molecule has 1 fully saturated rings. The Kier molecular flexibility index (Phi) is 6.45. The molecule has 140 valence electrons. The van der Waals surface area contributed by atoms with Gasteiger partial charge in [0.1, 0.15) is 0 Å². The van der Waals surface area contributed by atoms with Gasteiger partial charge in [-0.25, -0.2) is 8.42 Å². The lowest BCUT2D eigenvalue weighted by Crippen LogP contribution is -2.42. The average molecular weight is 406 g/mol. The summed E-state index contributed by atoms with van der Waals surface area (Å²) in [5, 5.41) is 0.914. The molecule has 0 aromatic heterocycles. The number of likely N-dealkylation sites (tertiary alicyclic amines) is 1. The van der Waals surface area contributed by atoms with Crippen molar-refractivity contribution in [2.24, 2.45) is 5.92 Å². The summed E-state index contributed by atoms with van der Waals surface area (Å²) in [4.78, 5) is 14.3. The number of hydrogen-bond donors (Lipinski definition) is 0. The quantitative estimate of drug-likeness (QED) is 0.760. The number of amides is 1. The molecule has 0 N–H and O–H groups in total. The molecule has 0 spiro atoms. The van der Waals surface area contributed by atoms with Crippen molar-refractivity contribution in [3.05, 3.63) is 33.8 Å². The van der Waals surface area contributed by atoms with Crippen LogP contribution in [0.2, 0.25) is 10.0 Å². The molecule has 7 heteroatoms. The third-order valence-corrected chi connectivity index (χ3v) is 8.21. The van der Waals surface area contributed by atoms with Gasteiger partial charge in [-0.15, -0.1) is 0 Å². The van der Waals surface area contributed by atoms with E-state index in [0.717, 1.165) is 18.4 Å². The number of rotatable bonds is 4. The van der Waals surface area contributed by atoms with Crippen LogP contribution in [0.1, 0.15) is 39.2 Å². The number of benzene rings is 1. The molecule has 0 saturated carbocycles. The molecule has 1 aliphatic heterocycles. The molecule has 0 aliphatic carbocycles. The zero-order valence-electron chi connectivity index (χ0n) is 14.9. The van der Waals surface area contributed by atoms with Gasteiger partial charge in [-0.1, -0.05) is 29.3 Å². The van der Waals surface area contributed by atoms with Crippen molar-refractivity contribution in [1.29, 1.82) is 0 Å². The Hall–Kier alpha value is -0.780. The van der Waals surface area contributed by atoms with E-state index in [4.69, 9.17) is 23.2 Å². The molecule has 1 heterocycles. The fourth-order valence-corrected chi connectivity index (χ4v) is 4.62. The number of hydrogen-bond acceptors (Lipinski definition) is 3. The molecule has 1 aliphatic rings. The molecular weight excluding hydrogens is 381 g/mol. The molecule has 1 aromatic carbocycles. The Morgan fingerprint density at radius 3 is 2.28 bits per heavy atom. The van der Waals surface area contributed by atoms with Gasteiger partial charge in [0, 0.05) is 13.1 Å². The summed E-state index contributed by atoms with van der Waals surface area (Å²) in [5.41, 5.74) is 0.830. The summed E-state index contributed by atoms with van der Waals surface area (Å²) in [6.45, 7) is 6.41. The lowest BCUT2D eigenvalue weighted by Gasteiger charge is -2.33. The minimum absolute atomic E-state index is 0.0375. The summed E-state index contributed by atoms with van der Waals surface area (Å²) >= 11 is 11.9. The Morgan fingerprint density at radius 2 is 1.76 bits per heavy atom. The van der Waals surface area contributed by atoms with E-state index in [1.165, 1.54) is 0 Å². The Morgan fingerprint density at radius 1 is 1.16 bits per heavy atom. The SMILES string of the molecule is CC(C)(C)S(=O)(=O)CC1CCN(C(=O)Cc2ccc(Cl)c(Cl)c2)CC1. The highest BCUT2D eigenvalue weighted by Crippen LogP contribution is 2.26. The number of sulfone groups is 1. The number of piperidine rings is 1. The third kappa shape index (κ3) is 5.35. The highest BCUT2D eigenvalue weighted by atomic mass is 35.5. The standard InChI is InChI=1S/C18H25Cl2NO3S/c1-18(2,3)25(23,24)12-13-6-8-21(9-7-13)17(22)11-14-4-5-15(19)16(20)10-14/h4-5,10,13H,6-9,11-12H2,1-3H3. The van der Waals surface area contributed by atoms with Crippen LogP contribution in [0, 0.1) is 5.92 Å². The van der Waals surface area contributed by atoms with E-state index in [0.29, 0.717) is 23.1 Å². The van der Waals surface area contributed by atoms with Gasteiger partial charge in [0.05, 0.1) is 27.0 Å². The molecule has 25 heavy (non-hydrogen) atoms. The maximum Gasteiger partial charge on any atom is 0.226 e. The molecule has 1 saturated heterocycles. The van der Waals surface area contributed by atoms with Gasteiger partial charge >= 0.3 is 0 Å². The second-order valence-corrected chi connectivity index (χ2v) is 11.2. The van der Waals surface area contributed by atoms with Crippen molar-refractivity contribution in [3.8, 4) is 0 Å². The van der Waals surface area contributed by atoms with Gasteiger partial charge < -0.3 is 4.90 Å². The van der Waals surface area contributed by atoms with Crippen LogP contribution in [0.15, 0.2) is 18.2 Å². The van der Waals surface area contributed by atoms with Crippen molar-refractivity contribution < 1.29 is 13.2 Å². The molecule has 2 rings (SSSR count). The van der Waals surface area contributed by atoms with E-state index in [2.05, 4.69) is 0 Å². The Bertz CT molecular complexity index is 733. The maximum atomic E-state index is 12.4. The smallest absolute Gasteiger partial charge is 0.226 e. The van der Waals surface area contributed by atoms with E-state index in [1.807, 2.05) is 4.90 Å². The molecule has 4 nitrogen and oxygen atoms in total. The highest BCUT2D eigenvalue weighted by Gasteiger charge is 2.33. The van der Waals surface area contributed by atoms with Crippen LogP contribution < -0.4 is 0 Å². The van der Waals surface area contributed by atoms with Crippen LogP contribution in [0.25, 0.3) is 0 Å². The summed E-state index contributed by atoms with van der Waals surface area (Å²) in [7, 11) is -3.12. The van der Waals surface area contributed by atoms with Gasteiger partial charge in [0.15, 0.2) is 9.84 Å². The average Bonchev–Trinajstić information content (AvgIpc) is 2.50. The minimum Gasteiger partial charge on any atom is -0.342 e. The van der Waals surface area contributed by atoms with E-state index in [1.54, 1.807) is 39.0 Å². The largest absolute Gasteiger partial charge is 0.342 e. The predicted molar refractivity (Wildman–Crippen MR) is 103 cm³/mol. The van der Waals surface area contributed by atoms with Crippen LogP contribution >= 0.6 is 23.2 Å². The zero-order valence-corrected chi connectivity index (χ0v) is 17.2. The van der Waals surface area contributed by atoms with Gasteiger partial charge in [0.25, 0.3) is 0 Å². The first-order valence-electron chi connectivity index (χ1n) is 8.43. The van der Waals surface area contributed by atoms with E-state index in [9.17, 15) is 13.2 Å². The number of halogens is 2. The van der Waals surface area contributed by atoms with E-state index < -0.39 is 14.6 Å². The van der Waals surface area contributed by atoms with Crippen LogP contribution in [0.5, 0.6) is 0 Å². The predicted octanol–water partition coefficient (Wildman–Crippen LogP) is 3.99. The lowest BCUT2D eigenvalue weighted by molar-refractivity contribution is -0.131. The van der Waals surface area contributed by atoms with Gasteiger partial charge in [-0.3, -0.25) is 4.79 Å². The van der Waals surface area contributed by atoms with E-state index in [-0.39, 0.29) is 24.0 Å². The molecule has 0 atom stereocenters. The maximum absolute atomic E-state index is 12.4. The molecular formula is C18H25Cl2NO3S. The highest BCUT2D eigenvalue weighted by molar-refractivity contribution is 7.92. The van der Waals surface area contributed by atoms with Crippen molar-refractivity contribution in [2.45, 2.75) is 44.8 Å². The first-order chi connectivity index (χ1) is 11.5. The van der Waals surface area contributed by atoms with Crippen LogP contribution in [0.3, 0.4) is 0 Å². The number of carbonyl (C=O) groups is 1. The topological polar surface area (TPSA) is 54.5 Å². The van der Waals surface area contributed by atoms with Crippen molar-refractivity contribution in [3.63, 3.8) is 0 Å². The zero-order chi connectivity index (χ0) is 18.8. The first kappa shape index (κ1) is 20.5. The molecule has 0 unspecified atom stereocenters. The van der Waals surface area contributed by atoms with Crippen LogP contribution in [-0.2, 0) is 21.1 Å². The summed E-state index contributed by atoms with van der Waals surface area (Å²) in [5.74, 6) is 0.361. The van der Waals surface area contributed by atoms with Crippen LogP contribution in [0.4, 0.5) is 0 Å². The molecule has 1 aromatic rings.